The van der Waals surface area contributed by atoms with E-state index < -0.39 is 29.9 Å². The van der Waals surface area contributed by atoms with E-state index in [4.69, 9.17) is 4.74 Å². The summed E-state index contributed by atoms with van der Waals surface area (Å²) in [6.45, 7) is -3.13. The fourth-order valence-electron chi connectivity index (χ4n) is 2.53. The maximum absolute atomic E-state index is 13.4. The maximum Gasteiger partial charge on any atom is 0.418 e. The summed E-state index contributed by atoms with van der Waals surface area (Å²) in [5.74, 6) is -1.18. The summed E-state index contributed by atoms with van der Waals surface area (Å²) in [5, 5.41) is 2.16. The largest absolute Gasteiger partial charge is 0.493 e. The SMILES string of the molecule is COc1cccc(/C=C/C(=O)Nc2ccc(N(C)C)cc2C(F)(F)F)c1OC(F)F. The third-order valence-electron chi connectivity index (χ3n) is 3.93. The zero-order chi connectivity index (χ0) is 22.5. The molecule has 0 aliphatic rings. The molecular formula is C20H19F5N2O3. The third-order valence-corrected chi connectivity index (χ3v) is 3.93. The van der Waals surface area contributed by atoms with E-state index in [0.717, 1.165) is 24.3 Å². The molecule has 0 fully saturated rings. The summed E-state index contributed by atoms with van der Waals surface area (Å²) in [7, 11) is 4.43. The number of rotatable bonds is 7. The molecule has 5 nitrogen and oxygen atoms in total. The summed E-state index contributed by atoms with van der Waals surface area (Å²) in [4.78, 5) is 13.7. The number of methoxy groups -OCH3 is 1. The van der Waals surface area contributed by atoms with Crippen LogP contribution in [0.4, 0.5) is 33.3 Å². The Morgan fingerprint density at radius 1 is 1.17 bits per heavy atom. The molecule has 0 bridgehead atoms. The number of hydrogen-bond acceptors (Lipinski definition) is 4. The Labute approximate surface area is 169 Å². The highest BCUT2D eigenvalue weighted by molar-refractivity contribution is 6.02. The zero-order valence-corrected chi connectivity index (χ0v) is 16.3. The molecule has 0 aliphatic carbocycles. The molecule has 162 valence electrons. The Hall–Kier alpha value is -3.30. The van der Waals surface area contributed by atoms with Gasteiger partial charge in [-0.05, 0) is 30.3 Å². The molecule has 1 amide bonds. The molecule has 2 rings (SSSR count). The van der Waals surface area contributed by atoms with Gasteiger partial charge >= 0.3 is 12.8 Å². The van der Waals surface area contributed by atoms with E-state index in [1.54, 1.807) is 14.1 Å². The van der Waals surface area contributed by atoms with Crippen LogP contribution >= 0.6 is 0 Å². The fraction of sp³-hybridized carbons (Fsp3) is 0.250. The van der Waals surface area contributed by atoms with Gasteiger partial charge in [-0.25, -0.2) is 0 Å². The van der Waals surface area contributed by atoms with Crippen LogP contribution in [-0.2, 0) is 11.0 Å². The van der Waals surface area contributed by atoms with Crippen molar-refractivity contribution in [1.82, 2.24) is 0 Å². The molecule has 2 aromatic carbocycles. The summed E-state index contributed by atoms with van der Waals surface area (Å²) in [6, 6.07) is 7.73. The molecule has 1 N–H and O–H groups in total. The fourth-order valence-corrected chi connectivity index (χ4v) is 2.53. The Kier molecular flexibility index (Phi) is 7.25. The highest BCUT2D eigenvalue weighted by Crippen LogP contribution is 2.37. The molecule has 0 spiro atoms. The van der Waals surface area contributed by atoms with Crippen LogP contribution in [0.15, 0.2) is 42.5 Å². The van der Waals surface area contributed by atoms with Crippen molar-refractivity contribution in [3.8, 4) is 11.5 Å². The van der Waals surface area contributed by atoms with Gasteiger partial charge in [0.1, 0.15) is 0 Å². The van der Waals surface area contributed by atoms with Crippen molar-refractivity contribution in [2.45, 2.75) is 12.8 Å². The lowest BCUT2D eigenvalue weighted by Gasteiger charge is -2.18. The van der Waals surface area contributed by atoms with Gasteiger partial charge in [0, 0.05) is 31.4 Å². The molecule has 10 heteroatoms. The predicted molar refractivity (Wildman–Crippen MR) is 103 cm³/mol. The van der Waals surface area contributed by atoms with Crippen molar-refractivity contribution in [2.75, 3.05) is 31.4 Å². The Morgan fingerprint density at radius 2 is 1.87 bits per heavy atom. The number of benzene rings is 2. The van der Waals surface area contributed by atoms with Crippen molar-refractivity contribution < 1.29 is 36.2 Å². The maximum atomic E-state index is 13.4. The van der Waals surface area contributed by atoms with Crippen molar-refractivity contribution in [3.63, 3.8) is 0 Å². The van der Waals surface area contributed by atoms with Crippen molar-refractivity contribution in [3.05, 3.63) is 53.6 Å². The number of carbonyl (C=O) groups excluding carboxylic acids is 1. The van der Waals surface area contributed by atoms with Crippen LogP contribution in [0.5, 0.6) is 11.5 Å². The number of amides is 1. The van der Waals surface area contributed by atoms with E-state index in [1.165, 1.54) is 36.3 Å². The smallest absolute Gasteiger partial charge is 0.418 e. The molecule has 0 atom stereocenters. The van der Waals surface area contributed by atoms with Crippen molar-refractivity contribution in [2.24, 2.45) is 0 Å². The van der Waals surface area contributed by atoms with Gasteiger partial charge in [0.25, 0.3) is 0 Å². The van der Waals surface area contributed by atoms with Crippen LogP contribution in [0.2, 0.25) is 0 Å². The van der Waals surface area contributed by atoms with E-state index >= 15 is 0 Å². The van der Waals surface area contributed by atoms with E-state index in [1.807, 2.05) is 0 Å². The Balaban J connectivity index is 2.29. The molecule has 0 unspecified atom stereocenters. The van der Waals surface area contributed by atoms with Gasteiger partial charge in [0.05, 0.1) is 18.4 Å². The first-order valence-electron chi connectivity index (χ1n) is 8.52. The number of para-hydroxylation sites is 1. The minimum Gasteiger partial charge on any atom is -0.493 e. The van der Waals surface area contributed by atoms with Crippen LogP contribution in [0.25, 0.3) is 6.08 Å². The minimum absolute atomic E-state index is 0.0106. The molecule has 0 radical (unpaired) electrons. The summed E-state index contributed by atoms with van der Waals surface area (Å²) < 4.78 is 74.8. The van der Waals surface area contributed by atoms with E-state index in [2.05, 4.69) is 10.1 Å². The topological polar surface area (TPSA) is 50.8 Å². The number of anilines is 2. The van der Waals surface area contributed by atoms with Crippen LogP contribution in [0.1, 0.15) is 11.1 Å². The van der Waals surface area contributed by atoms with Gasteiger partial charge in [-0.1, -0.05) is 12.1 Å². The molecule has 0 saturated carbocycles. The number of halogens is 5. The number of hydrogen-bond donors (Lipinski definition) is 1. The van der Waals surface area contributed by atoms with Crippen LogP contribution in [-0.4, -0.2) is 33.7 Å². The van der Waals surface area contributed by atoms with Crippen LogP contribution in [0, 0.1) is 0 Å². The lowest BCUT2D eigenvalue weighted by molar-refractivity contribution is -0.136. The van der Waals surface area contributed by atoms with Gasteiger partial charge in [-0.3, -0.25) is 4.79 Å². The average Bonchev–Trinajstić information content (AvgIpc) is 2.66. The first-order chi connectivity index (χ1) is 14.0. The summed E-state index contributed by atoms with van der Waals surface area (Å²) in [5.41, 5.74) is -1.05. The second-order valence-electron chi connectivity index (χ2n) is 6.20. The third kappa shape index (κ3) is 5.85. The Bertz CT molecular complexity index is 927. The van der Waals surface area contributed by atoms with Crippen LogP contribution < -0.4 is 19.7 Å². The summed E-state index contributed by atoms with van der Waals surface area (Å²) in [6.07, 6.45) is -2.65. The summed E-state index contributed by atoms with van der Waals surface area (Å²) >= 11 is 0. The second-order valence-corrected chi connectivity index (χ2v) is 6.20. The normalized spacial score (nSPS) is 11.6. The van der Waals surface area contributed by atoms with Gasteiger partial charge in [0.15, 0.2) is 11.5 Å². The van der Waals surface area contributed by atoms with Crippen LogP contribution in [0.3, 0.4) is 0 Å². The van der Waals surface area contributed by atoms with E-state index in [-0.39, 0.29) is 17.1 Å². The highest BCUT2D eigenvalue weighted by atomic mass is 19.4. The molecule has 2 aromatic rings. The number of carbonyl (C=O) groups is 1. The van der Waals surface area contributed by atoms with Gasteiger partial charge in [0.2, 0.25) is 5.91 Å². The second kappa shape index (κ2) is 9.47. The molecule has 0 aliphatic heterocycles. The van der Waals surface area contributed by atoms with E-state index in [9.17, 15) is 26.7 Å². The minimum atomic E-state index is -4.69. The van der Waals surface area contributed by atoms with Gasteiger partial charge in [-0.15, -0.1) is 0 Å². The molecule has 0 aromatic heterocycles. The lowest BCUT2D eigenvalue weighted by Crippen LogP contribution is -2.16. The highest BCUT2D eigenvalue weighted by Gasteiger charge is 2.34. The van der Waals surface area contributed by atoms with Gasteiger partial charge in [-0.2, -0.15) is 22.0 Å². The monoisotopic (exact) mass is 430 g/mol. The average molecular weight is 430 g/mol. The number of nitrogens with one attached hydrogen (secondary N) is 1. The lowest BCUT2D eigenvalue weighted by atomic mass is 10.1. The van der Waals surface area contributed by atoms with Gasteiger partial charge < -0.3 is 19.7 Å². The molecular weight excluding hydrogens is 411 g/mol. The number of alkyl halides is 5. The molecule has 0 heterocycles. The Morgan fingerprint density at radius 3 is 2.43 bits per heavy atom. The first-order valence-corrected chi connectivity index (χ1v) is 8.52. The first kappa shape index (κ1) is 23.0. The zero-order valence-electron chi connectivity index (χ0n) is 16.3. The van der Waals surface area contributed by atoms with E-state index in [0.29, 0.717) is 5.69 Å². The van der Waals surface area contributed by atoms with Crippen molar-refractivity contribution in [1.29, 1.82) is 0 Å². The molecule has 0 saturated heterocycles. The number of nitrogens with zero attached hydrogens (tertiary/aromatic N) is 1. The molecule has 30 heavy (non-hydrogen) atoms. The number of ether oxygens (including phenoxy) is 2. The standard InChI is InChI=1S/C20H19F5N2O3/c1-27(2)13-8-9-15(14(11-13)20(23,24)25)26-17(28)10-7-12-5-4-6-16(29-3)18(12)30-19(21)22/h4-11,19H,1-3H3,(H,26,28)/b10-7+. The quantitative estimate of drug-likeness (QED) is 0.494. The predicted octanol–water partition coefficient (Wildman–Crippen LogP) is 5.03. The van der Waals surface area contributed by atoms with Crippen molar-refractivity contribution >= 4 is 23.4 Å².